The number of carboxylic acids is 2. The number of nitrogens with zero attached hydrogens (tertiary/aromatic N) is 2. The van der Waals surface area contributed by atoms with Crippen molar-refractivity contribution in [1.29, 1.82) is 0 Å². The maximum absolute atomic E-state index is 12.7. The number of carboxylic acid groups (broad SMARTS) is 2. The van der Waals surface area contributed by atoms with Crippen LogP contribution in [0.5, 0.6) is 0 Å². The molecule has 0 bridgehead atoms. The Morgan fingerprint density at radius 2 is 1.81 bits per heavy atom. The summed E-state index contributed by atoms with van der Waals surface area (Å²) in [6.07, 6.45) is 0.422. The minimum atomic E-state index is -2.54. The van der Waals surface area contributed by atoms with Crippen LogP contribution in [0, 0.1) is 0 Å². The molecule has 2 amide bonds. The Morgan fingerprint density at radius 1 is 1.16 bits per heavy atom. The Labute approximate surface area is 181 Å². The lowest BCUT2D eigenvalue weighted by atomic mass is 9.94. The first kappa shape index (κ1) is 24.6. The van der Waals surface area contributed by atoms with Gasteiger partial charge in [0.15, 0.2) is 0 Å². The fraction of sp³-hybridized carbons (Fsp3) is 0.571. The number of hydrogen-bond donors (Lipinski definition) is 3. The number of carbonyl (C=O) groups is 3. The number of aliphatic carboxylic acids is 2. The molecule has 1 atom stereocenters. The Kier molecular flexibility index (Phi) is 8.78. The number of benzene rings is 1. The van der Waals surface area contributed by atoms with Crippen molar-refractivity contribution in [3.05, 3.63) is 29.8 Å². The van der Waals surface area contributed by atoms with Crippen LogP contribution in [0.15, 0.2) is 24.3 Å². The van der Waals surface area contributed by atoms with Crippen molar-refractivity contribution in [3.8, 4) is 0 Å². The van der Waals surface area contributed by atoms with Crippen molar-refractivity contribution in [2.75, 3.05) is 44.9 Å². The molecule has 3 N–H and O–H groups in total. The first-order chi connectivity index (χ1) is 14.8. The zero-order valence-electron chi connectivity index (χ0n) is 17.8. The predicted octanol–water partition coefficient (Wildman–Crippen LogP) is 1.20. The smallest absolute Gasteiger partial charge is 0.348 e. The van der Waals surface area contributed by atoms with Gasteiger partial charge in [0.1, 0.15) is 6.10 Å². The zero-order valence-corrected chi connectivity index (χ0v) is 17.8. The van der Waals surface area contributed by atoms with E-state index in [2.05, 4.69) is 0 Å². The summed E-state index contributed by atoms with van der Waals surface area (Å²) in [7, 11) is 1.30. The molecule has 31 heavy (non-hydrogen) atoms. The maximum atomic E-state index is 12.7. The van der Waals surface area contributed by atoms with Gasteiger partial charge in [-0.25, -0.2) is 14.4 Å². The van der Waals surface area contributed by atoms with Crippen molar-refractivity contribution in [2.24, 2.45) is 0 Å². The number of carbonyl (C=O) groups excluding carboxylic acids is 1. The summed E-state index contributed by atoms with van der Waals surface area (Å²) in [5.41, 5.74) is -1.46. The fourth-order valence-electron chi connectivity index (χ4n) is 3.43. The van der Waals surface area contributed by atoms with Gasteiger partial charge < -0.3 is 29.7 Å². The summed E-state index contributed by atoms with van der Waals surface area (Å²) in [6, 6.07) is 6.44. The van der Waals surface area contributed by atoms with E-state index in [1.165, 1.54) is 7.11 Å². The predicted molar refractivity (Wildman–Crippen MR) is 111 cm³/mol. The molecule has 0 radical (unpaired) electrons. The van der Waals surface area contributed by atoms with Gasteiger partial charge in [-0.3, -0.25) is 4.90 Å². The van der Waals surface area contributed by atoms with Crippen LogP contribution < -0.4 is 4.90 Å². The highest BCUT2D eigenvalue weighted by Crippen LogP contribution is 2.25. The number of hydrogen-bond acceptors (Lipinski definition) is 6. The van der Waals surface area contributed by atoms with Gasteiger partial charge in [-0.1, -0.05) is 19.1 Å². The lowest BCUT2D eigenvalue weighted by Gasteiger charge is -2.35. The molecule has 1 aliphatic heterocycles. The second kappa shape index (κ2) is 11.1. The highest BCUT2D eigenvalue weighted by molar-refractivity contribution is 6.02. The van der Waals surface area contributed by atoms with E-state index in [0.717, 1.165) is 12.8 Å². The normalized spacial score (nSPS) is 15.8. The number of anilines is 1. The summed E-state index contributed by atoms with van der Waals surface area (Å²) in [5.74, 6) is -3.31. The van der Waals surface area contributed by atoms with Crippen LogP contribution in [0.1, 0.15) is 25.3 Å². The van der Waals surface area contributed by atoms with E-state index in [-0.39, 0.29) is 6.03 Å². The molecule has 1 fully saturated rings. The van der Waals surface area contributed by atoms with Crippen LogP contribution in [-0.4, -0.2) is 89.9 Å². The lowest BCUT2D eigenvalue weighted by Crippen LogP contribution is -2.52. The fourth-order valence-corrected chi connectivity index (χ4v) is 3.43. The van der Waals surface area contributed by atoms with E-state index >= 15 is 0 Å². The first-order valence-electron chi connectivity index (χ1n) is 10.2. The van der Waals surface area contributed by atoms with E-state index in [4.69, 9.17) is 9.47 Å². The first-order valence-corrected chi connectivity index (χ1v) is 10.2. The third-order valence-electron chi connectivity index (χ3n) is 5.25. The van der Waals surface area contributed by atoms with Crippen LogP contribution in [-0.2, 0) is 25.5 Å². The molecule has 0 unspecified atom stereocenters. The van der Waals surface area contributed by atoms with Crippen LogP contribution in [0.4, 0.5) is 10.5 Å². The van der Waals surface area contributed by atoms with Crippen LogP contribution in [0.25, 0.3) is 0 Å². The van der Waals surface area contributed by atoms with Crippen LogP contribution >= 0.6 is 0 Å². The highest BCUT2D eigenvalue weighted by atomic mass is 16.6. The van der Waals surface area contributed by atoms with E-state index in [9.17, 15) is 29.7 Å². The van der Waals surface area contributed by atoms with Gasteiger partial charge >= 0.3 is 18.0 Å². The van der Waals surface area contributed by atoms with Gasteiger partial charge in [0, 0.05) is 38.9 Å². The number of ether oxygens (including phenoxy) is 2. The van der Waals surface area contributed by atoms with Crippen molar-refractivity contribution < 1.29 is 39.2 Å². The van der Waals surface area contributed by atoms with Gasteiger partial charge in [0.2, 0.25) is 0 Å². The zero-order chi connectivity index (χ0) is 23.0. The molecule has 172 valence electrons. The van der Waals surface area contributed by atoms with E-state index in [1.54, 1.807) is 34.1 Å². The second-order valence-electron chi connectivity index (χ2n) is 7.41. The summed E-state index contributed by atoms with van der Waals surface area (Å²) in [4.78, 5) is 39.8. The molecule has 10 nitrogen and oxygen atoms in total. The number of urea groups is 1. The van der Waals surface area contributed by atoms with Crippen molar-refractivity contribution in [3.63, 3.8) is 0 Å². The molecule has 1 saturated heterocycles. The van der Waals surface area contributed by atoms with Crippen molar-refractivity contribution in [1.82, 2.24) is 4.90 Å². The van der Waals surface area contributed by atoms with Crippen LogP contribution in [0.3, 0.4) is 0 Å². The average Bonchev–Trinajstić information content (AvgIpc) is 2.75. The highest BCUT2D eigenvalue weighted by Gasteiger charge is 2.48. The number of aliphatic hydroxyl groups excluding tert-OH is 1. The SMILES string of the molecule is CCCN1CCCN(c2ccc(CC(OC[C@H](CO)OC)(C(=O)O)C(=O)O)cc2)C1=O. The molecule has 1 aliphatic rings. The largest absolute Gasteiger partial charge is 0.479 e. The average molecular weight is 438 g/mol. The van der Waals surface area contributed by atoms with Crippen LogP contribution in [0.2, 0.25) is 0 Å². The van der Waals surface area contributed by atoms with Crippen molar-refractivity contribution >= 4 is 23.7 Å². The number of aliphatic hydroxyl groups is 1. The van der Waals surface area contributed by atoms with E-state index < -0.39 is 43.3 Å². The molecular formula is C21H30N2O8. The molecular weight excluding hydrogens is 408 g/mol. The van der Waals surface area contributed by atoms with E-state index in [1.807, 2.05) is 6.92 Å². The Bertz CT molecular complexity index is 747. The van der Waals surface area contributed by atoms with Gasteiger partial charge in [-0.2, -0.15) is 0 Å². The summed E-state index contributed by atoms with van der Waals surface area (Å²) in [6.45, 7) is 3.14. The Hall–Kier alpha value is -2.69. The third kappa shape index (κ3) is 5.72. The minimum Gasteiger partial charge on any atom is -0.479 e. The molecule has 1 heterocycles. The summed E-state index contributed by atoms with van der Waals surface area (Å²) < 4.78 is 10.2. The van der Waals surface area contributed by atoms with E-state index in [0.29, 0.717) is 30.9 Å². The standard InChI is InChI=1S/C21H30N2O8/c1-3-9-22-10-4-11-23(20(22)29)16-7-5-15(6-8-16)12-21(18(25)26,19(27)28)31-14-17(13-24)30-2/h5-8,17,24H,3-4,9-14H2,1-2H3,(H,25,26)(H,27,28)/t17-/m0/s1. The topological polar surface area (TPSA) is 137 Å². The Balaban J connectivity index is 2.20. The summed E-state index contributed by atoms with van der Waals surface area (Å²) >= 11 is 0. The molecule has 0 spiro atoms. The second-order valence-corrected chi connectivity index (χ2v) is 7.41. The molecule has 2 rings (SSSR count). The molecule has 10 heteroatoms. The number of rotatable bonds is 12. The quantitative estimate of drug-likeness (QED) is 0.414. The minimum absolute atomic E-state index is 0.0794. The Morgan fingerprint density at radius 3 is 2.32 bits per heavy atom. The van der Waals surface area contributed by atoms with Gasteiger partial charge in [-0.15, -0.1) is 0 Å². The number of methoxy groups -OCH3 is 1. The van der Waals surface area contributed by atoms with Gasteiger partial charge in [0.05, 0.1) is 13.2 Å². The van der Waals surface area contributed by atoms with Gasteiger partial charge in [-0.05, 0) is 30.5 Å². The third-order valence-corrected chi connectivity index (χ3v) is 5.25. The number of amides is 2. The van der Waals surface area contributed by atoms with Gasteiger partial charge in [0.25, 0.3) is 5.60 Å². The molecule has 0 aliphatic carbocycles. The molecule has 0 aromatic heterocycles. The monoisotopic (exact) mass is 438 g/mol. The lowest BCUT2D eigenvalue weighted by molar-refractivity contribution is -0.188. The van der Waals surface area contributed by atoms with Crippen molar-refractivity contribution in [2.45, 2.75) is 37.9 Å². The molecule has 1 aromatic rings. The summed E-state index contributed by atoms with van der Waals surface area (Å²) in [5, 5.41) is 28.4. The molecule has 0 saturated carbocycles. The maximum Gasteiger partial charge on any atom is 0.348 e. The molecule has 1 aromatic carbocycles.